The molecule has 1 aliphatic rings. The molecule has 0 aliphatic carbocycles. The van der Waals surface area contributed by atoms with Gasteiger partial charge in [-0.15, -0.1) is 0 Å². The third-order valence-corrected chi connectivity index (χ3v) is 2.11. The van der Waals surface area contributed by atoms with E-state index in [1.54, 1.807) is 0 Å². The molecule has 1 atom stereocenters. The third-order valence-electron chi connectivity index (χ3n) is 2.11. The molecule has 4 heteroatoms. The average molecular weight is 169 g/mol. The van der Waals surface area contributed by atoms with Crippen LogP contribution in [0.25, 0.3) is 0 Å². The highest BCUT2D eigenvalue weighted by atomic mass is 16.2. The summed E-state index contributed by atoms with van der Waals surface area (Å²) in [5.74, 6) is 0.738. The highest BCUT2D eigenvalue weighted by Gasteiger charge is 2.25. The molecule has 0 bridgehead atoms. The summed E-state index contributed by atoms with van der Waals surface area (Å²) in [6.45, 7) is 4.98. The molecule has 1 saturated heterocycles. The third kappa shape index (κ3) is 1.76. The molecule has 1 heterocycles. The number of nitrogens with zero attached hydrogens (tertiary/aromatic N) is 1. The van der Waals surface area contributed by atoms with Crippen molar-refractivity contribution in [3.05, 3.63) is 12.4 Å². The molecule has 3 N–H and O–H groups in total. The minimum Gasteiger partial charge on any atom is -0.361 e. The van der Waals surface area contributed by atoms with Gasteiger partial charge in [0, 0.05) is 13.6 Å². The summed E-state index contributed by atoms with van der Waals surface area (Å²) in [7, 11) is 1.91. The van der Waals surface area contributed by atoms with Gasteiger partial charge in [0.2, 0.25) is 5.91 Å². The van der Waals surface area contributed by atoms with Crippen molar-refractivity contribution < 1.29 is 4.79 Å². The standard InChI is InChI=1S/C8H15N3O/c1-6-10-8(12)7(3-4-9)5-11(6)2/h7H,1,3-5,9H2,2H3,(H,10,12). The van der Waals surface area contributed by atoms with Crippen LogP contribution in [0.3, 0.4) is 0 Å². The van der Waals surface area contributed by atoms with Gasteiger partial charge >= 0.3 is 0 Å². The molecule has 0 aromatic carbocycles. The van der Waals surface area contributed by atoms with Crippen molar-refractivity contribution in [2.24, 2.45) is 11.7 Å². The molecule has 1 aliphatic heterocycles. The molecule has 0 radical (unpaired) electrons. The highest BCUT2D eigenvalue weighted by Crippen LogP contribution is 2.12. The quantitative estimate of drug-likeness (QED) is 0.585. The Morgan fingerprint density at radius 2 is 2.50 bits per heavy atom. The lowest BCUT2D eigenvalue weighted by molar-refractivity contribution is -0.127. The fraction of sp³-hybridized carbons (Fsp3) is 0.625. The fourth-order valence-corrected chi connectivity index (χ4v) is 1.29. The lowest BCUT2D eigenvalue weighted by Crippen LogP contribution is -2.47. The van der Waals surface area contributed by atoms with Crippen LogP contribution < -0.4 is 11.1 Å². The van der Waals surface area contributed by atoms with Crippen LogP contribution in [0.5, 0.6) is 0 Å². The Kier molecular flexibility index (Phi) is 2.70. The van der Waals surface area contributed by atoms with E-state index < -0.39 is 0 Å². The van der Waals surface area contributed by atoms with Gasteiger partial charge in [0.25, 0.3) is 0 Å². The maximum absolute atomic E-state index is 11.3. The molecule has 0 aromatic rings. The maximum Gasteiger partial charge on any atom is 0.230 e. The summed E-state index contributed by atoms with van der Waals surface area (Å²) >= 11 is 0. The van der Waals surface area contributed by atoms with E-state index in [2.05, 4.69) is 11.9 Å². The van der Waals surface area contributed by atoms with Crippen LogP contribution in [0.1, 0.15) is 6.42 Å². The van der Waals surface area contributed by atoms with Gasteiger partial charge in [0.15, 0.2) is 0 Å². The second-order valence-electron chi connectivity index (χ2n) is 3.09. The first-order chi connectivity index (χ1) is 5.65. The van der Waals surface area contributed by atoms with Crippen molar-refractivity contribution >= 4 is 5.91 Å². The molecule has 1 unspecified atom stereocenters. The number of nitrogens with one attached hydrogen (secondary N) is 1. The van der Waals surface area contributed by atoms with Gasteiger partial charge in [-0.05, 0) is 13.0 Å². The smallest absolute Gasteiger partial charge is 0.230 e. The average Bonchev–Trinajstić information content (AvgIpc) is 2.01. The number of rotatable bonds is 2. The zero-order valence-corrected chi connectivity index (χ0v) is 7.34. The van der Waals surface area contributed by atoms with E-state index in [0.29, 0.717) is 12.4 Å². The number of amides is 1. The van der Waals surface area contributed by atoms with E-state index in [1.807, 2.05) is 11.9 Å². The Morgan fingerprint density at radius 3 is 3.08 bits per heavy atom. The first kappa shape index (κ1) is 9.06. The van der Waals surface area contributed by atoms with E-state index in [0.717, 1.165) is 13.0 Å². The molecular formula is C8H15N3O. The zero-order chi connectivity index (χ0) is 9.14. The molecule has 0 aromatic heterocycles. The number of hydrogen-bond acceptors (Lipinski definition) is 3. The van der Waals surface area contributed by atoms with Gasteiger partial charge in [-0.2, -0.15) is 0 Å². The van der Waals surface area contributed by atoms with Crippen LogP contribution in [0, 0.1) is 5.92 Å². The Balaban J connectivity index is 2.55. The predicted octanol–water partition coefficient (Wildman–Crippen LogP) is -0.516. The second-order valence-corrected chi connectivity index (χ2v) is 3.09. The summed E-state index contributed by atoms with van der Waals surface area (Å²) in [6, 6.07) is 0. The van der Waals surface area contributed by atoms with E-state index in [-0.39, 0.29) is 11.8 Å². The Morgan fingerprint density at radius 1 is 1.83 bits per heavy atom. The van der Waals surface area contributed by atoms with Crippen molar-refractivity contribution in [3.63, 3.8) is 0 Å². The fourth-order valence-electron chi connectivity index (χ4n) is 1.29. The Hall–Kier alpha value is -1.03. The molecular weight excluding hydrogens is 154 g/mol. The van der Waals surface area contributed by atoms with E-state index in [1.165, 1.54) is 0 Å². The minimum atomic E-state index is 0.0190. The number of hydrogen-bond donors (Lipinski definition) is 2. The van der Waals surface area contributed by atoms with Gasteiger partial charge in [0.1, 0.15) is 5.82 Å². The zero-order valence-electron chi connectivity index (χ0n) is 7.34. The summed E-state index contributed by atoms with van der Waals surface area (Å²) in [6.07, 6.45) is 0.740. The number of carbonyl (C=O) groups is 1. The van der Waals surface area contributed by atoms with E-state index in [4.69, 9.17) is 5.73 Å². The second kappa shape index (κ2) is 3.58. The molecule has 1 amide bonds. The van der Waals surface area contributed by atoms with Gasteiger partial charge in [0.05, 0.1) is 5.92 Å². The molecule has 0 saturated carbocycles. The Labute approximate surface area is 72.4 Å². The van der Waals surface area contributed by atoms with Crippen LogP contribution >= 0.6 is 0 Å². The van der Waals surface area contributed by atoms with E-state index in [9.17, 15) is 4.79 Å². The van der Waals surface area contributed by atoms with E-state index >= 15 is 0 Å². The largest absolute Gasteiger partial charge is 0.361 e. The lowest BCUT2D eigenvalue weighted by Gasteiger charge is -2.32. The van der Waals surface area contributed by atoms with Gasteiger partial charge in [-0.1, -0.05) is 6.58 Å². The summed E-state index contributed by atoms with van der Waals surface area (Å²) < 4.78 is 0. The van der Waals surface area contributed by atoms with Crippen molar-refractivity contribution in [1.29, 1.82) is 0 Å². The van der Waals surface area contributed by atoms with Crippen LogP contribution in [-0.2, 0) is 4.79 Å². The number of carbonyl (C=O) groups excluding carboxylic acids is 1. The van der Waals surface area contributed by atoms with Crippen LogP contribution in [0.15, 0.2) is 12.4 Å². The normalized spacial score (nSPS) is 24.2. The molecule has 68 valence electrons. The molecule has 4 nitrogen and oxygen atoms in total. The predicted molar refractivity (Wildman–Crippen MR) is 47.1 cm³/mol. The molecule has 1 fully saturated rings. The van der Waals surface area contributed by atoms with Crippen molar-refractivity contribution in [2.45, 2.75) is 6.42 Å². The minimum absolute atomic E-state index is 0.0190. The first-order valence-electron chi connectivity index (χ1n) is 4.06. The van der Waals surface area contributed by atoms with Crippen LogP contribution in [0.2, 0.25) is 0 Å². The maximum atomic E-state index is 11.3. The van der Waals surface area contributed by atoms with Crippen molar-refractivity contribution in [3.8, 4) is 0 Å². The molecule has 12 heavy (non-hydrogen) atoms. The van der Waals surface area contributed by atoms with Crippen molar-refractivity contribution in [2.75, 3.05) is 20.1 Å². The Bertz CT molecular complexity index is 202. The van der Waals surface area contributed by atoms with Crippen molar-refractivity contribution in [1.82, 2.24) is 10.2 Å². The van der Waals surface area contributed by atoms with Gasteiger partial charge in [-0.3, -0.25) is 4.79 Å². The SMILES string of the molecule is C=C1NC(=O)C(CCN)CN1C. The lowest BCUT2D eigenvalue weighted by atomic mass is 10.0. The topological polar surface area (TPSA) is 58.4 Å². The summed E-state index contributed by atoms with van der Waals surface area (Å²) in [5.41, 5.74) is 5.38. The summed E-state index contributed by atoms with van der Waals surface area (Å²) in [4.78, 5) is 13.2. The van der Waals surface area contributed by atoms with Gasteiger partial charge < -0.3 is 16.0 Å². The van der Waals surface area contributed by atoms with Crippen LogP contribution in [-0.4, -0.2) is 30.9 Å². The van der Waals surface area contributed by atoms with Crippen LogP contribution in [0.4, 0.5) is 0 Å². The first-order valence-corrected chi connectivity index (χ1v) is 4.06. The molecule has 1 rings (SSSR count). The summed E-state index contributed by atoms with van der Waals surface area (Å²) in [5, 5.41) is 2.70. The highest BCUT2D eigenvalue weighted by molar-refractivity contribution is 5.81. The van der Waals surface area contributed by atoms with Gasteiger partial charge in [-0.25, -0.2) is 0 Å². The number of nitrogens with two attached hydrogens (primary N) is 1. The molecule has 0 spiro atoms. The monoisotopic (exact) mass is 169 g/mol.